The summed E-state index contributed by atoms with van der Waals surface area (Å²) in [5.74, 6) is -0.220. The second kappa shape index (κ2) is 5.05. The number of ether oxygens (including phenoxy) is 1. The first kappa shape index (κ1) is 13.3. The zero-order valence-electron chi connectivity index (χ0n) is 8.81. The molecule has 16 heavy (non-hydrogen) atoms. The fourth-order valence-corrected chi connectivity index (χ4v) is 1.68. The molecule has 0 fully saturated rings. The van der Waals surface area contributed by atoms with E-state index >= 15 is 0 Å². The third kappa shape index (κ3) is 4.40. The van der Waals surface area contributed by atoms with E-state index in [2.05, 4.69) is 20.7 Å². The molecular weight excluding hydrogens is 287 g/mol. The molecule has 0 radical (unpaired) electrons. The minimum Gasteiger partial charge on any atom is -0.406 e. The fraction of sp³-hybridized carbons (Fsp3) is 0.400. The first-order valence-electron chi connectivity index (χ1n) is 4.47. The second-order valence-electron chi connectivity index (χ2n) is 3.54. The van der Waals surface area contributed by atoms with Crippen LogP contribution in [0.15, 0.2) is 22.7 Å². The van der Waals surface area contributed by atoms with E-state index in [1.165, 1.54) is 12.1 Å². The highest BCUT2D eigenvalue weighted by Crippen LogP contribution is 2.28. The van der Waals surface area contributed by atoms with E-state index in [4.69, 9.17) is 0 Å². The summed E-state index contributed by atoms with van der Waals surface area (Å²) in [6.45, 7) is 0.646. The van der Waals surface area contributed by atoms with Crippen LogP contribution in [0.2, 0.25) is 0 Å². The van der Waals surface area contributed by atoms with Gasteiger partial charge in [-0.3, -0.25) is 0 Å². The van der Waals surface area contributed by atoms with Crippen molar-refractivity contribution in [2.45, 2.75) is 12.9 Å². The van der Waals surface area contributed by atoms with Crippen molar-refractivity contribution in [2.75, 3.05) is 14.1 Å². The molecule has 0 aliphatic carbocycles. The Balaban J connectivity index is 2.83. The largest absolute Gasteiger partial charge is 0.573 e. The number of alkyl halides is 3. The number of hydrogen-bond acceptors (Lipinski definition) is 2. The lowest BCUT2D eigenvalue weighted by molar-refractivity contribution is -0.274. The molecule has 0 spiro atoms. The lowest BCUT2D eigenvalue weighted by Gasteiger charge is -2.13. The summed E-state index contributed by atoms with van der Waals surface area (Å²) in [4.78, 5) is 1.92. The van der Waals surface area contributed by atoms with Crippen molar-refractivity contribution in [1.82, 2.24) is 4.90 Å². The summed E-state index contributed by atoms with van der Waals surface area (Å²) in [5, 5.41) is 0. The molecule has 0 aliphatic heterocycles. The van der Waals surface area contributed by atoms with Crippen LogP contribution in [0.3, 0.4) is 0 Å². The molecule has 0 atom stereocenters. The van der Waals surface area contributed by atoms with Crippen LogP contribution in [0.4, 0.5) is 13.2 Å². The smallest absolute Gasteiger partial charge is 0.406 e. The van der Waals surface area contributed by atoms with Crippen LogP contribution in [-0.2, 0) is 6.54 Å². The standard InChI is InChI=1S/C10H11BrF3NO/c1-15(2)6-7-3-4-8(5-9(7)11)16-10(12,13)14/h3-5H,6H2,1-2H3. The molecule has 2 nitrogen and oxygen atoms in total. The van der Waals surface area contributed by atoms with Gasteiger partial charge in [-0.25, -0.2) is 0 Å². The molecule has 0 bridgehead atoms. The van der Waals surface area contributed by atoms with Gasteiger partial charge in [0.25, 0.3) is 0 Å². The van der Waals surface area contributed by atoms with E-state index in [0.29, 0.717) is 11.0 Å². The molecule has 0 amide bonds. The predicted molar refractivity (Wildman–Crippen MR) is 58.2 cm³/mol. The van der Waals surface area contributed by atoms with Gasteiger partial charge in [0.2, 0.25) is 0 Å². The van der Waals surface area contributed by atoms with Crippen LogP contribution >= 0.6 is 15.9 Å². The highest BCUT2D eigenvalue weighted by Gasteiger charge is 2.31. The van der Waals surface area contributed by atoms with E-state index in [1.807, 2.05) is 19.0 Å². The van der Waals surface area contributed by atoms with E-state index in [-0.39, 0.29) is 5.75 Å². The summed E-state index contributed by atoms with van der Waals surface area (Å²) in [7, 11) is 3.76. The van der Waals surface area contributed by atoms with Crippen LogP contribution in [0.25, 0.3) is 0 Å². The molecule has 0 unspecified atom stereocenters. The van der Waals surface area contributed by atoms with E-state index < -0.39 is 6.36 Å². The van der Waals surface area contributed by atoms with Crippen LogP contribution in [0.5, 0.6) is 5.75 Å². The normalized spacial score (nSPS) is 11.9. The molecule has 0 saturated carbocycles. The maximum atomic E-state index is 11.9. The topological polar surface area (TPSA) is 12.5 Å². The Morgan fingerprint density at radius 3 is 2.38 bits per heavy atom. The molecule has 90 valence electrons. The van der Waals surface area contributed by atoms with Crippen LogP contribution in [0.1, 0.15) is 5.56 Å². The van der Waals surface area contributed by atoms with E-state index in [9.17, 15) is 13.2 Å². The molecular formula is C10H11BrF3NO. The third-order valence-corrected chi connectivity index (χ3v) is 2.48. The molecule has 0 N–H and O–H groups in total. The number of hydrogen-bond donors (Lipinski definition) is 0. The summed E-state index contributed by atoms with van der Waals surface area (Å²) >= 11 is 3.21. The van der Waals surface area contributed by atoms with Crippen LogP contribution in [0, 0.1) is 0 Å². The van der Waals surface area contributed by atoms with Crippen molar-refractivity contribution in [3.63, 3.8) is 0 Å². The molecule has 1 aromatic rings. The van der Waals surface area contributed by atoms with Crippen molar-refractivity contribution in [3.8, 4) is 5.75 Å². The van der Waals surface area contributed by atoms with Gasteiger partial charge in [-0.1, -0.05) is 22.0 Å². The highest BCUT2D eigenvalue weighted by molar-refractivity contribution is 9.10. The average Bonchev–Trinajstić information content (AvgIpc) is 2.06. The molecule has 0 aromatic heterocycles. The van der Waals surface area contributed by atoms with Gasteiger partial charge in [0.15, 0.2) is 0 Å². The number of halogens is 4. The van der Waals surface area contributed by atoms with Gasteiger partial charge in [0.1, 0.15) is 5.75 Å². The maximum Gasteiger partial charge on any atom is 0.573 e. The zero-order valence-corrected chi connectivity index (χ0v) is 10.4. The first-order valence-corrected chi connectivity index (χ1v) is 5.26. The van der Waals surface area contributed by atoms with Crippen molar-refractivity contribution < 1.29 is 17.9 Å². The van der Waals surface area contributed by atoms with E-state index in [0.717, 1.165) is 5.56 Å². The monoisotopic (exact) mass is 297 g/mol. The minimum atomic E-state index is -4.65. The van der Waals surface area contributed by atoms with Gasteiger partial charge in [0.05, 0.1) is 0 Å². The van der Waals surface area contributed by atoms with Crippen molar-refractivity contribution in [3.05, 3.63) is 28.2 Å². The van der Waals surface area contributed by atoms with Crippen molar-refractivity contribution in [1.29, 1.82) is 0 Å². The minimum absolute atomic E-state index is 0.220. The molecule has 0 aliphatic rings. The van der Waals surface area contributed by atoms with Crippen LogP contribution in [-0.4, -0.2) is 25.4 Å². The quantitative estimate of drug-likeness (QED) is 0.848. The lowest BCUT2D eigenvalue weighted by atomic mass is 10.2. The number of benzene rings is 1. The Hall–Kier alpha value is -0.750. The third-order valence-electron chi connectivity index (χ3n) is 1.74. The summed E-state index contributed by atoms with van der Waals surface area (Å²) in [5.41, 5.74) is 0.902. The highest BCUT2D eigenvalue weighted by atomic mass is 79.9. The van der Waals surface area contributed by atoms with Gasteiger partial charge in [-0.2, -0.15) is 0 Å². The van der Waals surface area contributed by atoms with Gasteiger partial charge in [-0.15, -0.1) is 13.2 Å². The molecule has 0 saturated heterocycles. The summed E-state index contributed by atoms with van der Waals surface area (Å²) in [6, 6.07) is 4.22. The first-order chi connectivity index (χ1) is 7.28. The lowest BCUT2D eigenvalue weighted by Crippen LogP contribution is -2.17. The Labute approximate surface area is 100 Å². The predicted octanol–water partition coefficient (Wildman–Crippen LogP) is 3.41. The summed E-state index contributed by atoms with van der Waals surface area (Å²) in [6.07, 6.45) is -4.65. The Bertz CT molecular complexity index is 366. The molecule has 1 rings (SSSR count). The van der Waals surface area contributed by atoms with Crippen molar-refractivity contribution in [2.24, 2.45) is 0 Å². The number of rotatable bonds is 3. The van der Waals surface area contributed by atoms with Gasteiger partial charge < -0.3 is 9.64 Å². The Morgan fingerprint density at radius 2 is 1.94 bits per heavy atom. The molecule has 0 heterocycles. The van der Waals surface area contributed by atoms with Gasteiger partial charge in [0, 0.05) is 11.0 Å². The molecule has 6 heteroatoms. The molecule has 1 aromatic carbocycles. The zero-order chi connectivity index (χ0) is 12.3. The fourth-order valence-electron chi connectivity index (χ4n) is 1.19. The van der Waals surface area contributed by atoms with Gasteiger partial charge >= 0.3 is 6.36 Å². The summed E-state index contributed by atoms with van der Waals surface area (Å²) < 4.78 is 40.2. The average molecular weight is 298 g/mol. The SMILES string of the molecule is CN(C)Cc1ccc(OC(F)(F)F)cc1Br. The van der Waals surface area contributed by atoms with Crippen molar-refractivity contribution >= 4 is 15.9 Å². The maximum absolute atomic E-state index is 11.9. The second-order valence-corrected chi connectivity index (χ2v) is 4.39. The Morgan fingerprint density at radius 1 is 1.31 bits per heavy atom. The van der Waals surface area contributed by atoms with E-state index in [1.54, 1.807) is 6.07 Å². The van der Waals surface area contributed by atoms with Gasteiger partial charge in [-0.05, 0) is 31.8 Å². The van der Waals surface area contributed by atoms with Crippen LogP contribution < -0.4 is 4.74 Å². The number of nitrogens with zero attached hydrogens (tertiary/aromatic N) is 1. The Kier molecular flexibility index (Phi) is 4.21.